The van der Waals surface area contributed by atoms with Crippen molar-refractivity contribution < 1.29 is 23.7 Å². The van der Waals surface area contributed by atoms with Crippen LogP contribution in [-0.4, -0.2) is 50.1 Å². The van der Waals surface area contributed by atoms with Crippen LogP contribution in [0.25, 0.3) is 0 Å². The van der Waals surface area contributed by atoms with Crippen LogP contribution in [0.4, 0.5) is 0 Å². The van der Waals surface area contributed by atoms with Crippen molar-refractivity contribution in [3.63, 3.8) is 0 Å². The fraction of sp³-hybridized carbons (Fsp3) is 0.455. The highest BCUT2D eigenvalue weighted by atomic mass is 16.7. The van der Waals surface area contributed by atoms with E-state index in [9.17, 15) is 0 Å². The van der Waals surface area contributed by atoms with Crippen LogP contribution < -0.4 is 18.9 Å². The molecule has 0 N–H and O–H groups in total. The van der Waals surface area contributed by atoms with Gasteiger partial charge in [0.2, 0.25) is 11.5 Å². The topological polar surface area (TPSA) is 49.4 Å². The van der Waals surface area contributed by atoms with E-state index in [1.807, 2.05) is 36.4 Å². The predicted octanol–water partition coefficient (Wildman–Crippen LogP) is 3.24. The molecule has 6 heteroatoms. The maximum atomic E-state index is 6.23. The highest BCUT2D eigenvalue weighted by molar-refractivity contribution is 5.51. The van der Waals surface area contributed by atoms with Gasteiger partial charge in [-0.2, -0.15) is 0 Å². The molecule has 2 aromatic carbocycles. The standard InChI is InChI=1S/C22H25NO5/c1-2-5-18-17(4-1)16-27-22(28-18)8-10-23(11-9-22)12-13-24-19-6-3-7-20-21(19)26-15-14-25-20/h1-7H,8-16H2. The van der Waals surface area contributed by atoms with Crippen molar-refractivity contribution >= 4 is 0 Å². The van der Waals surface area contributed by atoms with Crippen LogP contribution in [0.2, 0.25) is 0 Å². The number of para-hydroxylation sites is 2. The number of fused-ring (bicyclic) bond motifs is 2. The maximum Gasteiger partial charge on any atom is 0.213 e. The van der Waals surface area contributed by atoms with Crippen LogP contribution in [0.15, 0.2) is 42.5 Å². The van der Waals surface area contributed by atoms with Crippen molar-refractivity contribution in [2.75, 3.05) is 39.5 Å². The Morgan fingerprint density at radius 2 is 1.75 bits per heavy atom. The summed E-state index contributed by atoms with van der Waals surface area (Å²) in [5, 5.41) is 0. The van der Waals surface area contributed by atoms with Crippen LogP contribution >= 0.6 is 0 Å². The second-order valence-corrected chi connectivity index (χ2v) is 7.38. The molecule has 0 atom stereocenters. The molecule has 0 amide bonds. The van der Waals surface area contributed by atoms with Crippen molar-refractivity contribution in [1.82, 2.24) is 4.90 Å². The van der Waals surface area contributed by atoms with Crippen LogP contribution in [0, 0.1) is 0 Å². The zero-order valence-corrected chi connectivity index (χ0v) is 15.9. The lowest BCUT2D eigenvalue weighted by Gasteiger charge is -2.43. The molecule has 0 aromatic heterocycles. The van der Waals surface area contributed by atoms with Crippen LogP contribution in [0.5, 0.6) is 23.0 Å². The van der Waals surface area contributed by atoms with Gasteiger partial charge in [-0.3, -0.25) is 4.90 Å². The Morgan fingerprint density at radius 1 is 0.929 bits per heavy atom. The van der Waals surface area contributed by atoms with E-state index in [4.69, 9.17) is 23.7 Å². The summed E-state index contributed by atoms with van der Waals surface area (Å²) in [6, 6.07) is 13.9. The molecule has 148 valence electrons. The first kappa shape index (κ1) is 17.6. The molecule has 0 aliphatic carbocycles. The van der Waals surface area contributed by atoms with Gasteiger partial charge in [0, 0.05) is 38.0 Å². The van der Waals surface area contributed by atoms with E-state index < -0.39 is 5.79 Å². The molecule has 6 nitrogen and oxygen atoms in total. The van der Waals surface area contributed by atoms with Crippen LogP contribution in [0.3, 0.4) is 0 Å². The lowest BCUT2D eigenvalue weighted by molar-refractivity contribution is -0.228. The van der Waals surface area contributed by atoms with Gasteiger partial charge in [0.25, 0.3) is 0 Å². The SMILES string of the molecule is c1ccc2c(c1)COC1(CCN(CCOc3cccc4c3OCCO4)CC1)O2. The molecule has 5 rings (SSSR count). The number of likely N-dealkylation sites (tertiary alicyclic amines) is 1. The molecule has 1 spiro atoms. The Labute approximate surface area is 164 Å². The first-order valence-electron chi connectivity index (χ1n) is 9.96. The van der Waals surface area contributed by atoms with Crippen LogP contribution in [0.1, 0.15) is 18.4 Å². The molecular weight excluding hydrogens is 358 g/mol. The van der Waals surface area contributed by atoms with Gasteiger partial charge in [0.05, 0.1) is 6.61 Å². The first-order chi connectivity index (χ1) is 13.8. The van der Waals surface area contributed by atoms with Gasteiger partial charge in [-0.25, -0.2) is 0 Å². The van der Waals surface area contributed by atoms with E-state index in [0.717, 1.165) is 55.3 Å². The van der Waals surface area contributed by atoms with Crippen LogP contribution in [-0.2, 0) is 11.3 Å². The minimum Gasteiger partial charge on any atom is -0.488 e. The minimum atomic E-state index is -0.477. The summed E-state index contributed by atoms with van der Waals surface area (Å²) in [5.74, 6) is 2.71. The first-order valence-corrected chi connectivity index (χ1v) is 9.96. The van der Waals surface area contributed by atoms with Gasteiger partial charge >= 0.3 is 0 Å². The second-order valence-electron chi connectivity index (χ2n) is 7.38. The lowest BCUT2D eigenvalue weighted by atomic mass is 10.0. The third kappa shape index (κ3) is 3.50. The largest absolute Gasteiger partial charge is 0.488 e. The predicted molar refractivity (Wildman–Crippen MR) is 103 cm³/mol. The normalized spacial score (nSPS) is 20.3. The molecular formula is C22H25NO5. The van der Waals surface area contributed by atoms with Crippen molar-refractivity contribution in [3.8, 4) is 23.0 Å². The number of hydrogen-bond donors (Lipinski definition) is 0. The molecule has 28 heavy (non-hydrogen) atoms. The second kappa shape index (κ2) is 7.53. The van der Waals surface area contributed by atoms with Gasteiger partial charge in [0.15, 0.2) is 11.5 Å². The molecule has 3 heterocycles. The van der Waals surface area contributed by atoms with Crippen molar-refractivity contribution in [2.24, 2.45) is 0 Å². The summed E-state index contributed by atoms with van der Waals surface area (Å²) in [6.07, 6.45) is 1.72. The summed E-state index contributed by atoms with van der Waals surface area (Å²) in [4.78, 5) is 2.39. The smallest absolute Gasteiger partial charge is 0.213 e. The van der Waals surface area contributed by atoms with Crippen molar-refractivity contribution in [2.45, 2.75) is 25.2 Å². The Bertz CT molecular complexity index is 831. The molecule has 1 saturated heterocycles. The molecule has 1 fully saturated rings. The van der Waals surface area contributed by atoms with Gasteiger partial charge in [-0.1, -0.05) is 24.3 Å². The number of nitrogens with zero attached hydrogens (tertiary/aromatic N) is 1. The monoisotopic (exact) mass is 383 g/mol. The third-order valence-corrected chi connectivity index (χ3v) is 5.57. The van der Waals surface area contributed by atoms with E-state index >= 15 is 0 Å². The Morgan fingerprint density at radius 3 is 2.68 bits per heavy atom. The number of hydrogen-bond acceptors (Lipinski definition) is 6. The highest BCUT2D eigenvalue weighted by Crippen LogP contribution is 2.39. The van der Waals surface area contributed by atoms with Crippen molar-refractivity contribution in [3.05, 3.63) is 48.0 Å². The average molecular weight is 383 g/mol. The lowest BCUT2D eigenvalue weighted by Crippen LogP contribution is -2.51. The molecule has 0 bridgehead atoms. The number of piperidine rings is 1. The molecule has 0 unspecified atom stereocenters. The van der Waals surface area contributed by atoms with E-state index in [-0.39, 0.29) is 0 Å². The van der Waals surface area contributed by atoms with Gasteiger partial charge in [-0.05, 0) is 18.2 Å². The summed E-state index contributed by atoms with van der Waals surface area (Å²) in [7, 11) is 0. The fourth-order valence-electron chi connectivity index (χ4n) is 3.97. The summed E-state index contributed by atoms with van der Waals surface area (Å²) >= 11 is 0. The Kier molecular flexibility index (Phi) is 4.74. The molecule has 0 saturated carbocycles. The molecule has 2 aromatic rings. The van der Waals surface area contributed by atoms with Gasteiger partial charge in [-0.15, -0.1) is 0 Å². The molecule has 3 aliphatic rings. The average Bonchev–Trinajstić information content (AvgIpc) is 2.75. The summed E-state index contributed by atoms with van der Waals surface area (Å²) in [6.45, 7) is 5.09. The molecule has 3 aliphatic heterocycles. The van der Waals surface area contributed by atoms with Gasteiger partial charge < -0.3 is 23.7 Å². The zero-order valence-electron chi connectivity index (χ0n) is 15.9. The Balaban J connectivity index is 1.13. The quantitative estimate of drug-likeness (QED) is 0.808. The maximum absolute atomic E-state index is 6.23. The van der Waals surface area contributed by atoms with Crippen molar-refractivity contribution in [1.29, 1.82) is 0 Å². The number of rotatable bonds is 4. The summed E-state index contributed by atoms with van der Waals surface area (Å²) in [5.41, 5.74) is 1.13. The Hall–Kier alpha value is -2.44. The number of ether oxygens (including phenoxy) is 5. The summed E-state index contributed by atoms with van der Waals surface area (Å²) < 4.78 is 29.6. The molecule has 0 radical (unpaired) electrons. The van der Waals surface area contributed by atoms with E-state index in [1.165, 1.54) is 0 Å². The van der Waals surface area contributed by atoms with E-state index in [2.05, 4.69) is 11.0 Å². The van der Waals surface area contributed by atoms with Gasteiger partial charge in [0.1, 0.15) is 25.6 Å². The number of benzene rings is 2. The highest BCUT2D eigenvalue weighted by Gasteiger charge is 2.40. The third-order valence-electron chi connectivity index (χ3n) is 5.57. The van der Waals surface area contributed by atoms with E-state index in [0.29, 0.717) is 32.2 Å². The minimum absolute atomic E-state index is 0.477. The zero-order chi connectivity index (χ0) is 18.8. The fourth-order valence-corrected chi connectivity index (χ4v) is 3.97. The van der Waals surface area contributed by atoms with E-state index in [1.54, 1.807) is 0 Å².